The summed E-state index contributed by atoms with van der Waals surface area (Å²) in [6.45, 7) is -1.51. The zero-order valence-electron chi connectivity index (χ0n) is 21.7. The molecular weight excluding hydrogens is 536 g/mol. The summed E-state index contributed by atoms with van der Waals surface area (Å²) >= 11 is 0. The molecule has 0 saturated carbocycles. The molecule has 14 nitrogen and oxygen atoms in total. The minimum absolute atomic E-state index is 0.0391. The molecule has 2 saturated heterocycles. The van der Waals surface area contributed by atoms with E-state index < -0.39 is 74.5 Å². The van der Waals surface area contributed by atoms with Crippen molar-refractivity contribution in [3.8, 4) is 23.0 Å². The molecule has 0 aromatic heterocycles. The van der Waals surface area contributed by atoms with Crippen molar-refractivity contribution >= 4 is 5.97 Å². The Balaban J connectivity index is 1.33. The van der Waals surface area contributed by atoms with Crippen molar-refractivity contribution in [2.24, 2.45) is 0 Å². The van der Waals surface area contributed by atoms with Gasteiger partial charge in [-0.05, 0) is 36.4 Å². The van der Waals surface area contributed by atoms with E-state index in [1.807, 2.05) is 0 Å². The van der Waals surface area contributed by atoms with Crippen molar-refractivity contribution < 1.29 is 68.6 Å². The van der Waals surface area contributed by atoms with Gasteiger partial charge in [-0.25, -0.2) is 4.79 Å². The fraction of sp³-hybridized carbons (Fsp3) is 0.500. The van der Waals surface area contributed by atoms with Gasteiger partial charge in [0.1, 0.15) is 48.6 Å². The number of phenolic OH excluding ortho intramolecular Hbond substituents is 1. The lowest BCUT2D eigenvalue weighted by molar-refractivity contribution is -0.289. The molecular formula is C26H32O14. The normalized spacial score (nSPS) is 31.9. The molecule has 0 aliphatic carbocycles. The van der Waals surface area contributed by atoms with E-state index in [9.17, 15) is 35.4 Å². The first-order valence-electron chi connectivity index (χ1n) is 12.2. The third kappa shape index (κ3) is 6.40. The fourth-order valence-electron chi connectivity index (χ4n) is 4.16. The van der Waals surface area contributed by atoms with Crippen LogP contribution >= 0.6 is 0 Å². The molecule has 2 aliphatic rings. The number of hydrogen-bond acceptors (Lipinski definition) is 14. The van der Waals surface area contributed by atoms with Crippen LogP contribution in [0.25, 0.3) is 0 Å². The number of rotatable bonds is 10. The number of carbonyl (C=O) groups is 1. The molecule has 14 heteroatoms. The van der Waals surface area contributed by atoms with Crippen molar-refractivity contribution in [3.05, 3.63) is 48.0 Å². The standard InChI is InChI=1S/C26H32O14/c1-34-16-8-7-15(9-17(16)35-2)39-24-21(30)20(29)19(28)18(40-24)10-36-25-22(31)26(33,12-38-25)11-37-23(32)13-3-5-14(27)6-4-13/h3-9,18-22,24-25,27-31,33H,10-12H2,1-2H3. The quantitative estimate of drug-likeness (QED) is 0.189. The zero-order valence-corrected chi connectivity index (χ0v) is 21.7. The summed E-state index contributed by atoms with van der Waals surface area (Å²) in [4.78, 5) is 12.2. The van der Waals surface area contributed by atoms with Crippen LogP contribution in [0.3, 0.4) is 0 Å². The summed E-state index contributed by atoms with van der Waals surface area (Å²) in [5.74, 6) is 0.164. The molecule has 0 spiro atoms. The number of carbonyl (C=O) groups excluding carboxylic acids is 1. The van der Waals surface area contributed by atoms with Crippen LogP contribution in [0, 0.1) is 0 Å². The van der Waals surface area contributed by atoms with Crippen LogP contribution in [-0.4, -0.2) is 119 Å². The van der Waals surface area contributed by atoms with Gasteiger partial charge in [-0.2, -0.15) is 0 Å². The molecule has 2 aliphatic heterocycles. The molecule has 40 heavy (non-hydrogen) atoms. The van der Waals surface area contributed by atoms with Gasteiger partial charge in [0.25, 0.3) is 0 Å². The average Bonchev–Trinajstić information content (AvgIpc) is 3.24. The number of methoxy groups -OCH3 is 2. The van der Waals surface area contributed by atoms with Gasteiger partial charge in [0.15, 0.2) is 23.4 Å². The fourth-order valence-corrected chi connectivity index (χ4v) is 4.16. The summed E-state index contributed by atoms with van der Waals surface area (Å²) in [5, 5.41) is 61.9. The van der Waals surface area contributed by atoms with Crippen LogP contribution in [0.15, 0.2) is 42.5 Å². The van der Waals surface area contributed by atoms with E-state index in [2.05, 4.69) is 0 Å². The van der Waals surface area contributed by atoms with Crippen LogP contribution in [-0.2, 0) is 18.9 Å². The summed E-state index contributed by atoms with van der Waals surface area (Å²) in [6, 6.07) is 9.83. The number of esters is 1. The Hall–Kier alpha value is -3.21. The summed E-state index contributed by atoms with van der Waals surface area (Å²) in [5.41, 5.74) is -1.88. The first-order chi connectivity index (χ1) is 19.1. The highest BCUT2D eigenvalue weighted by Gasteiger charge is 2.51. The molecule has 2 heterocycles. The van der Waals surface area contributed by atoms with Crippen molar-refractivity contribution in [1.29, 1.82) is 0 Å². The second-order valence-electron chi connectivity index (χ2n) is 9.33. The smallest absolute Gasteiger partial charge is 0.338 e. The first-order valence-corrected chi connectivity index (χ1v) is 12.2. The number of phenols is 1. The van der Waals surface area contributed by atoms with Crippen molar-refractivity contribution in [2.75, 3.05) is 34.0 Å². The summed E-state index contributed by atoms with van der Waals surface area (Å²) in [6.07, 6.45) is -10.6. The highest BCUT2D eigenvalue weighted by molar-refractivity contribution is 5.89. The van der Waals surface area contributed by atoms with E-state index in [-0.39, 0.29) is 17.1 Å². The number of benzene rings is 2. The predicted octanol–water partition coefficient (Wildman–Crippen LogP) is -1.08. The molecule has 8 unspecified atom stereocenters. The van der Waals surface area contributed by atoms with Crippen LogP contribution in [0.5, 0.6) is 23.0 Å². The van der Waals surface area contributed by atoms with Gasteiger partial charge in [-0.3, -0.25) is 0 Å². The van der Waals surface area contributed by atoms with Crippen molar-refractivity contribution in [2.45, 2.75) is 48.7 Å². The highest BCUT2D eigenvalue weighted by atomic mass is 16.7. The SMILES string of the molecule is COc1ccc(OC2OC(COC3OCC(O)(COC(=O)c4ccc(O)cc4)C3O)C(O)C(O)C2O)cc1OC. The Morgan fingerprint density at radius 2 is 1.65 bits per heavy atom. The van der Waals surface area contributed by atoms with E-state index in [1.54, 1.807) is 6.07 Å². The molecule has 0 amide bonds. The van der Waals surface area contributed by atoms with Crippen molar-refractivity contribution in [3.63, 3.8) is 0 Å². The second-order valence-corrected chi connectivity index (χ2v) is 9.33. The van der Waals surface area contributed by atoms with Crippen LogP contribution in [0.2, 0.25) is 0 Å². The van der Waals surface area contributed by atoms with E-state index >= 15 is 0 Å². The number of aromatic hydroxyl groups is 1. The zero-order chi connectivity index (χ0) is 29.0. The second kappa shape index (κ2) is 12.5. The number of aliphatic hydroxyl groups excluding tert-OH is 4. The van der Waals surface area contributed by atoms with Crippen LogP contribution in [0.1, 0.15) is 10.4 Å². The van der Waals surface area contributed by atoms with E-state index in [1.165, 1.54) is 50.6 Å². The Labute approximate surface area is 228 Å². The molecule has 0 bridgehead atoms. The lowest BCUT2D eigenvalue weighted by Gasteiger charge is -2.40. The molecule has 2 aromatic carbocycles. The van der Waals surface area contributed by atoms with Crippen LogP contribution < -0.4 is 14.2 Å². The van der Waals surface area contributed by atoms with Gasteiger partial charge in [-0.15, -0.1) is 0 Å². The van der Waals surface area contributed by atoms with Crippen LogP contribution in [0.4, 0.5) is 0 Å². The predicted molar refractivity (Wildman–Crippen MR) is 132 cm³/mol. The molecule has 0 radical (unpaired) electrons. The van der Waals surface area contributed by atoms with Gasteiger partial charge in [0.2, 0.25) is 6.29 Å². The molecule has 8 atom stereocenters. The summed E-state index contributed by atoms with van der Waals surface area (Å²) in [7, 11) is 2.90. The topological polar surface area (TPSA) is 203 Å². The van der Waals surface area contributed by atoms with Gasteiger partial charge in [0, 0.05) is 6.07 Å². The number of ether oxygens (including phenoxy) is 7. The van der Waals surface area contributed by atoms with Crippen molar-refractivity contribution in [1.82, 2.24) is 0 Å². The molecule has 220 valence electrons. The van der Waals surface area contributed by atoms with Gasteiger partial charge in [0.05, 0.1) is 33.0 Å². The summed E-state index contributed by atoms with van der Waals surface area (Å²) < 4.78 is 37.6. The Morgan fingerprint density at radius 1 is 0.950 bits per heavy atom. The minimum atomic E-state index is -2.00. The molecule has 4 rings (SSSR count). The maximum atomic E-state index is 12.2. The largest absolute Gasteiger partial charge is 0.508 e. The molecule has 2 fully saturated rings. The van der Waals surface area contributed by atoms with E-state index in [4.69, 9.17) is 33.2 Å². The van der Waals surface area contributed by atoms with Gasteiger partial charge < -0.3 is 63.8 Å². The monoisotopic (exact) mass is 568 g/mol. The average molecular weight is 569 g/mol. The van der Waals surface area contributed by atoms with Gasteiger partial charge >= 0.3 is 5.97 Å². The first kappa shape index (κ1) is 29.8. The van der Waals surface area contributed by atoms with E-state index in [0.717, 1.165) is 0 Å². The number of hydrogen-bond donors (Lipinski definition) is 6. The molecule has 2 aromatic rings. The maximum Gasteiger partial charge on any atom is 0.338 e. The Kier molecular flexibility index (Phi) is 9.33. The molecule has 6 N–H and O–H groups in total. The van der Waals surface area contributed by atoms with Gasteiger partial charge in [-0.1, -0.05) is 0 Å². The third-order valence-electron chi connectivity index (χ3n) is 6.56. The Bertz CT molecular complexity index is 1140. The van der Waals surface area contributed by atoms with E-state index in [0.29, 0.717) is 11.5 Å². The lowest BCUT2D eigenvalue weighted by Crippen LogP contribution is -2.60. The Morgan fingerprint density at radius 3 is 2.33 bits per heavy atom. The third-order valence-corrected chi connectivity index (χ3v) is 6.56. The maximum absolute atomic E-state index is 12.2. The highest BCUT2D eigenvalue weighted by Crippen LogP contribution is 2.33. The minimum Gasteiger partial charge on any atom is -0.508 e. The number of aliphatic hydroxyl groups is 5. The lowest BCUT2D eigenvalue weighted by atomic mass is 9.99.